The molecule has 0 bridgehead atoms. The van der Waals surface area contributed by atoms with Gasteiger partial charge in [0.15, 0.2) is 10.7 Å². The standard InChI is InChI=1S/C15H19N5O5S/c1-2-14-16-15(25-17-14)11-18-7-9-19(10-8-18)26(23,24)13-6-4-3-5-12(13)20(21)22/h3-6H,2,7-11H2,1H3. The molecular weight excluding hydrogens is 362 g/mol. The van der Waals surface area contributed by atoms with Crippen molar-refractivity contribution in [2.45, 2.75) is 24.8 Å². The number of nitro groups is 1. The highest BCUT2D eigenvalue weighted by atomic mass is 32.2. The summed E-state index contributed by atoms with van der Waals surface area (Å²) in [6.45, 7) is 3.81. The van der Waals surface area contributed by atoms with Gasteiger partial charge in [-0.15, -0.1) is 0 Å². The van der Waals surface area contributed by atoms with Crippen LogP contribution >= 0.6 is 0 Å². The Morgan fingerprint density at radius 1 is 1.23 bits per heavy atom. The monoisotopic (exact) mass is 381 g/mol. The fourth-order valence-electron chi connectivity index (χ4n) is 2.78. The molecule has 0 saturated carbocycles. The highest BCUT2D eigenvalue weighted by Crippen LogP contribution is 2.27. The van der Waals surface area contributed by atoms with Crippen molar-refractivity contribution < 1.29 is 17.9 Å². The van der Waals surface area contributed by atoms with E-state index in [0.29, 0.717) is 37.8 Å². The summed E-state index contributed by atoms with van der Waals surface area (Å²) in [7, 11) is -3.92. The third-order valence-electron chi connectivity index (χ3n) is 4.20. The van der Waals surface area contributed by atoms with Crippen molar-refractivity contribution in [2.75, 3.05) is 26.2 Å². The van der Waals surface area contributed by atoms with Crippen molar-refractivity contribution in [3.8, 4) is 0 Å². The van der Waals surface area contributed by atoms with Gasteiger partial charge in [0.1, 0.15) is 0 Å². The first-order chi connectivity index (χ1) is 12.4. The number of nitro benzene ring substituents is 1. The van der Waals surface area contributed by atoms with Crippen LogP contribution in [-0.2, 0) is 23.0 Å². The average Bonchev–Trinajstić information content (AvgIpc) is 3.09. The second-order valence-corrected chi connectivity index (χ2v) is 7.77. The molecule has 11 heteroatoms. The Balaban J connectivity index is 1.68. The van der Waals surface area contributed by atoms with E-state index in [1.54, 1.807) is 0 Å². The first-order valence-corrected chi connectivity index (χ1v) is 9.63. The predicted molar refractivity (Wildman–Crippen MR) is 90.8 cm³/mol. The van der Waals surface area contributed by atoms with Crippen LogP contribution in [0.5, 0.6) is 0 Å². The SMILES string of the molecule is CCc1noc(CN2CCN(S(=O)(=O)c3ccccc3[N+](=O)[O-])CC2)n1. The van der Waals surface area contributed by atoms with Crippen LogP contribution in [0.1, 0.15) is 18.6 Å². The van der Waals surface area contributed by atoms with Crippen LogP contribution in [0, 0.1) is 10.1 Å². The number of para-hydroxylation sites is 1. The van der Waals surface area contributed by atoms with Gasteiger partial charge in [-0.1, -0.05) is 24.2 Å². The quantitative estimate of drug-likeness (QED) is 0.537. The van der Waals surface area contributed by atoms with E-state index in [0.717, 1.165) is 0 Å². The highest BCUT2D eigenvalue weighted by molar-refractivity contribution is 7.89. The van der Waals surface area contributed by atoms with Gasteiger partial charge < -0.3 is 4.52 Å². The van der Waals surface area contributed by atoms with E-state index in [-0.39, 0.29) is 18.0 Å². The Hall–Kier alpha value is -2.37. The molecule has 3 rings (SSSR count). The second-order valence-electron chi connectivity index (χ2n) is 5.86. The van der Waals surface area contributed by atoms with Crippen molar-refractivity contribution in [1.82, 2.24) is 19.3 Å². The molecule has 1 fully saturated rings. The van der Waals surface area contributed by atoms with Gasteiger partial charge in [0.05, 0.1) is 11.5 Å². The maximum atomic E-state index is 12.8. The number of sulfonamides is 1. The Labute approximate surface area is 150 Å². The van der Waals surface area contributed by atoms with E-state index in [9.17, 15) is 18.5 Å². The average molecular weight is 381 g/mol. The zero-order valence-electron chi connectivity index (χ0n) is 14.2. The summed E-state index contributed by atoms with van der Waals surface area (Å²) in [5.74, 6) is 1.13. The smallest absolute Gasteiger partial charge is 0.289 e. The minimum absolute atomic E-state index is 0.239. The third-order valence-corrected chi connectivity index (χ3v) is 6.14. The minimum atomic E-state index is -3.92. The molecule has 1 aromatic carbocycles. The number of aromatic nitrogens is 2. The summed E-state index contributed by atoms with van der Waals surface area (Å²) >= 11 is 0. The summed E-state index contributed by atoms with van der Waals surface area (Å²) < 4.78 is 32.0. The molecule has 0 radical (unpaired) electrons. The summed E-state index contributed by atoms with van der Waals surface area (Å²) in [6.07, 6.45) is 0.686. The van der Waals surface area contributed by atoms with E-state index in [2.05, 4.69) is 10.1 Å². The fourth-order valence-corrected chi connectivity index (χ4v) is 4.36. The number of rotatable bonds is 6. The summed E-state index contributed by atoms with van der Waals surface area (Å²) in [5, 5.41) is 15.0. The Morgan fingerprint density at radius 3 is 2.54 bits per heavy atom. The topological polar surface area (TPSA) is 123 Å². The molecular formula is C15H19N5O5S. The molecule has 0 amide bonds. The van der Waals surface area contributed by atoms with Crippen LogP contribution < -0.4 is 0 Å². The van der Waals surface area contributed by atoms with Crippen LogP contribution in [-0.4, -0.2) is 58.9 Å². The molecule has 1 aromatic heterocycles. The molecule has 0 spiro atoms. The van der Waals surface area contributed by atoms with Gasteiger partial charge in [0.2, 0.25) is 15.9 Å². The molecule has 26 heavy (non-hydrogen) atoms. The summed E-state index contributed by atoms with van der Waals surface area (Å²) in [4.78, 5) is 16.4. The number of piperazine rings is 1. The van der Waals surface area contributed by atoms with E-state index in [4.69, 9.17) is 4.52 Å². The second kappa shape index (κ2) is 7.48. The van der Waals surface area contributed by atoms with Gasteiger partial charge in [-0.25, -0.2) is 8.42 Å². The van der Waals surface area contributed by atoms with Crippen LogP contribution in [0.25, 0.3) is 0 Å². The number of aryl methyl sites for hydroxylation is 1. The van der Waals surface area contributed by atoms with Gasteiger partial charge in [-0.05, 0) is 6.07 Å². The zero-order chi connectivity index (χ0) is 18.7. The van der Waals surface area contributed by atoms with Crippen molar-refractivity contribution in [1.29, 1.82) is 0 Å². The van der Waals surface area contributed by atoms with E-state index >= 15 is 0 Å². The van der Waals surface area contributed by atoms with Crippen molar-refractivity contribution in [3.05, 3.63) is 46.1 Å². The lowest BCUT2D eigenvalue weighted by molar-refractivity contribution is -0.387. The van der Waals surface area contributed by atoms with Gasteiger partial charge in [0.25, 0.3) is 5.69 Å². The lowest BCUT2D eigenvalue weighted by Crippen LogP contribution is -2.48. The maximum Gasteiger partial charge on any atom is 0.289 e. The molecule has 140 valence electrons. The van der Waals surface area contributed by atoms with Crippen LogP contribution in [0.15, 0.2) is 33.7 Å². The van der Waals surface area contributed by atoms with E-state index in [1.807, 2.05) is 11.8 Å². The molecule has 1 aliphatic heterocycles. The first-order valence-electron chi connectivity index (χ1n) is 8.19. The van der Waals surface area contributed by atoms with Crippen LogP contribution in [0.3, 0.4) is 0 Å². The van der Waals surface area contributed by atoms with Crippen molar-refractivity contribution in [3.63, 3.8) is 0 Å². The number of hydrogen-bond acceptors (Lipinski definition) is 8. The maximum absolute atomic E-state index is 12.8. The molecule has 0 aliphatic carbocycles. The molecule has 0 N–H and O–H groups in total. The predicted octanol–water partition coefficient (Wildman–Crippen LogP) is 1.05. The van der Waals surface area contributed by atoms with Gasteiger partial charge in [0, 0.05) is 38.7 Å². The fraction of sp³-hybridized carbons (Fsp3) is 0.467. The van der Waals surface area contributed by atoms with E-state index in [1.165, 1.54) is 28.6 Å². The summed E-state index contributed by atoms with van der Waals surface area (Å²) in [5.41, 5.74) is -0.409. The van der Waals surface area contributed by atoms with Gasteiger partial charge >= 0.3 is 0 Å². The van der Waals surface area contributed by atoms with Crippen LogP contribution in [0.2, 0.25) is 0 Å². The normalized spacial score (nSPS) is 16.7. The highest BCUT2D eigenvalue weighted by Gasteiger charge is 2.33. The molecule has 1 aliphatic rings. The van der Waals surface area contributed by atoms with Crippen molar-refractivity contribution in [2.24, 2.45) is 0 Å². The molecule has 2 aromatic rings. The molecule has 10 nitrogen and oxygen atoms in total. The molecule has 0 unspecified atom stereocenters. The molecule has 2 heterocycles. The zero-order valence-corrected chi connectivity index (χ0v) is 15.1. The van der Waals surface area contributed by atoms with Gasteiger partial charge in [-0.2, -0.15) is 9.29 Å². The summed E-state index contributed by atoms with van der Waals surface area (Å²) in [6, 6.07) is 5.40. The molecule has 0 atom stereocenters. The lowest BCUT2D eigenvalue weighted by Gasteiger charge is -2.32. The Bertz CT molecular complexity index is 889. The third kappa shape index (κ3) is 3.74. The Morgan fingerprint density at radius 2 is 1.92 bits per heavy atom. The number of benzene rings is 1. The lowest BCUT2D eigenvalue weighted by atomic mass is 10.3. The number of hydrogen-bond donors (Lipinski definition) is 0. The number of nitrogens with zero attached hydrogens (tertiary/aromatic N) is 5. The van der Waals surface area contributed by atoms with Crippen LogP contribution in [0.4, 0.5) is 5.69 Å². The largest absolute Gasteiger partial charge is 0.338 e. The minimum Gasteiger partial charge on any atom is -0.338 e. The molecule has 1 saturated heterocycles. The van der Waals surface area contributed by atoms with Crippen molar-refractivity contribution >= 4 is 15.7 Å². The van der Waals surface area contributed by atoms with E-state index < -0.39 is 20.6 Å². The Kier molecular flexibility index (Phi) is 5.30. The van der Waals surface area contributed by atoms with Gasteiger partial charge in [-0.3, -0.25) is 15.0 Å². The first kappa shape index (κ1) is 18.4.